The Kier molecular flexibility index (Phi) is 7.80. The Morgan fingerprint density at radius 2 is 1.83 bits per heavy atom. The first-order valence-electron chi connectivity index (χ1n) is 7.75. The number of benzene rings is 1. The molecule has 0 saturated heterocycles. The SMILES string of the molecule is CCCC(CNC(=O)CC(NC(C)=O)c1ccccc1)C(=O)O. The van der Waals surface area contributed by atoms with Crippen molar-refractivity contribution in [2.24, 2.45) is 5.92 Å². The monoisotopic (exact) mass is 320 g/mol. The minimum atomic E-state index is -0.909. The lowest BCUT2D eigenvalue weighted by atomic mass is 10.0. The van der Waals surface area contributed by atoms with Gasteiger partial charge in [0.15, 0.2) is 0 Å². The predicted molar refractivity (Wildman–Crippen MR) is 86.7 cm³/mol. The molecule has 126 valence electrons. The fourth-order valence-corrected chi connectivity index (χ4v) is 2.34. The lowest BCUT2D eigenvalue weighted by Gasteiger charge is -2.19. The maximum Gasteiger partial charge on any atom is 0.308 e. The van der Waals surface area contributed by atoms with Gasteiger partial charge in [-0.2, -0.15) is 0 Å². The summed E-state index contributed by atoms with van der Waals surface area (Å²) < 4.78 is 0. The molecule has 0 bridgehead atoms. The summed E-state index contributed by atoms with van der Waals surface area (Å²) in [4.78, 5) is 34.5. The lowest BCUT2D eigenvalue weighted by Crippen LogP contribution is -2.36. The van der Waals surface area contributed by atoms with Crippen LogP contribution in [-0.4, -0.2) is 29.4 Å². The zero-order valence-corrected chi connectivity index (χ0v) is 13.5. The van der Waals surface area contributed by atoms with Gasteiger partial charge in [-0.15, -0.1) is 0 Å². The highest BCUT2D eigenvalue weighted by atomic mass is 16.4. The third-order valence-corrected chi connectivity index (χ3v) is 3.50. The number of hydrogen-bond acceptors (Lipinski definition) is 3. The number of carbonyl (C=O) groups is 3. The van der Waals surface area contributed by atoms with E-state index in [2.05, 4.69) is 10.6 Å². The van der Waals surface area contributed by atoms with E-state index in [1.54, 1.807) is 0 Å². The summed E-state index contributed by atoms with van der Waals surface area (Å²) in [6, 6.07) is 8.78. The van der Waals surface area contributed by atoms with Crippen LogP contribution in [0.3, 0.4) is 0 Å². The molecule has 6 nitrogen and oxygen atoms in total. The van der Waals surface area contributed by atoms with Crippen LogP contribution in [0.25, 0.3) is 0 Å². The van der Waals surface area contributed by atoms with Crippen molar-refractivity contribution in [2.45, 2.75) is 39.2 Å². The summed E-state index contributed by atoms with van der Waals surface area (Å²) in [5, 5.41) is 14.5. The third-order valence-electron chi connectivity index (χ3n) is 3.50. The second-order valence-electron chi connectivity index (χ2n) is 5.50. The fourth-order valence-electron chi connectivity index (χ4n) is 2.34. The van der Waals surface area contributed by atoms with Crippen molar-refractivity contribution in [3.63, 3.8) is 0 Å². The average Bonchev–Trinajstić information content (AvgIpc) is 2.51. The van der Waals surface area contributed by atoms with Gasteiger partial charge in [-0.1, -0.05) is 43.7 Å². The summed E-state index contributed by atoms with van der Waals surface area (Å²) in [7, 11) is 0. The predicted octanol–water partition coefficient (Wildman–Crippen LogP) is 1.87. The Morgan fingerprint density at radius 3 is 2.35 bits per heavy atom. The highest BCUT2D eigenvalue weighted by molar-refractivity contribution is 5.79. The van der Waals surface area contributed by atoms with Crippen LogP contribution in [0.15, 0.2) is 30.3 Å². The molecule has 2 amide bonds. The smallest absolute Gasteiger partial charge is 0.308 e. The third kappa shape index (κ3) is 6.95. The first-order valence-corrected chi connectivity index (χ1v) is 7.75. The van der Waals surface area contributed by atoms with Gasteiger partial charge in [0.05, 0.1) is 18.4 Å². The highest BCUT2D eigenvalue weighted by Gasteiger charge is 2.20. The molecular formula is C17H24N2O4. The van der Waals surface area contributed by atoms with Crippen LogP contribution >= 0.6 is 0 Å². The highest BCUT2D eigenvalue weighted by Crippen LogP contribution is 2.16. The second-order valence-corrected chi connectivity index (χ2v) is 5.50. The fraction of sp³-hybridized carbons (Fsp3) is 0.471. The number of aliphatic carboxylic acids is 1. The normalized spacial score (nSPS) is 13.0. The zero-order chi connectivity index (χ0) is 17.2. The van der Waals surface area contributed by atoms with Crippen molar-refractivity contribution in [1.82, 2.24) is 10.6 Å². The summed E-state index contributed by atoms with van der Waals surface area (Å²) in [6.45, 7) is 3.40. The molecule has 0 aliphatic heterocycles. The molecule has 2 unspecified atom stereocenters. The Balaban J connectivity index is 2.63. The van der Waals surface area contributed by atoms with Crippen LogP contribution < -0.4 is 10.6 Å². The first-order chi connectivity index (χ1) is 10.9. The molecular weight excluding hydrogens is 296 g/mol. The maximum atomic E-state index is 12.1. The molecule has 0 fully saturated rings. The van der Waals surface area contributed by atoms with Crippen molar-refractivity contribution in [2.75, 3.05) is 6.54 Å². The summed E-state index contributed by atoms with van der Waals surface area (Å²) in [5.74, 6) is -2.00. The van der Waals surface area contributed by atoms with Crippen molar-refractivity contribution in [3.8, 4) is 0 Å². The van der Waals surface area contributed by atoms with E-state index in [0.717, 1.165) is 12.0 Å². The molecule has 1 aromatic carbocycles. The summed E-state index contributed by atoms with van der Waals surface area (Å²) >= 11 is 0. The van der Waals surface area contributed by atoms with E-state index in [-0.39, 0.29) is 24.8 Å². The number of hydrogen-bond donors (Lipinski definition) is 3. The number of carbonyl (C=O) groups excluding carboxylic acids is 2. The number of carboxylic acids is 1. The maximum absolute atomic E-state index is 12.1. The Bertz CT molecular complexity index is 531. The molecule has 0 aliphatic rings. The Hall–Kier alpha value is -2.37. The van der Waals surface area contributed by atoms with Gasteiger partial charge in [0, 0.05) is 13.5 Å². The van der Waals surface area contributed by atoms with Gasteiger partial charge in [0.25, 0.3) is 0 Å². The minimum Gasteiger partial charge on any atom is -0.481 e. The van der Waals surface area contributed by atoms with Crippen LogP contribution in [0.2, 0.25) is 0 Å². The van der Waals surface area contributed by atoms with Crippen LogP contribution in [-0.2, 0) is 14.4 Å². The van der Waals surface area contributed by atoms with Crippen LogP contribution in [0.1, 0.15) is 44.7 Å². The van der Waals surface area contributed by atoms with Gasteiger partial charge in [-0.05, 0) is 12.0 Å². The zero-order valence-electron chi connectivity index (χ0n) is 13.5. The van der Waals surface area contributed by atoms with E-state index in [1.807, 2.05) is 37.3 Å². The van der Waals surface area contributed by atoms with E-state index in [0.29, 0.717) is 6.42 Å². The van der Waals surface area contributed by atoms with Gasteiger partial charge >= 0.3 is 5.97 Å². The number of carboxylic acid groups (broad SMARTS) is 1. The van der Waals surface area contributed by atoms with Crippen molar-refractivity contribution in [1.29, 1.82) is 0 Å². The molecule has 6 heteroatoms. The molecule has 0 spiro atoms. The number of nitrogens with one attached hydrogen (secondary N) is 2. The van der Waals surface area contributed by atoms with Crippen LogP contribution in [0, 0.1) is 5.92 Å². The molecule has 0 aromatic heterocycles. The van der Waals surface area contributed by atoms with Gasteiger partial charge in [-0.3, -0.25) is 14.4 Å². The lowest BCUT2D eigenvalue weighted by molar-refractivity contribution is -0.142. The summed E-state index contributed by atoms with van der Waals surface area (Å²) in [5.41, 5.74) is 0.834. The van der Waals surface area contributed by atoms with E-state index in [9.17, 15) is 14.4 Å². The first kappa shape index (κ1) is 18.7. The number of amides is 2. The van der Waals surface area contributed by atoms with Crippen molar-refractivity contribution >= 4 is 17.8 Å². The molecule has 0 heterocycles. The van der Waals surface area contributed by atoms with Gasteiger partial charge < -0.3 is 15.7 Å². The molecule has 0 radical (unpaired) electrons. The van der Waals surface area contributed by atoms with E-state index >= 15 is 0 Å². The molecule has 2 atom stereocenters. The Morgan fingerprint density at radius 1 is 1.17 bits per heavy atom. The number of rotatable bonds is 9. The van der Waals surface area contributed by atoms with E-state index in [4.69, 9.17) is 5.11 Å². The van der Waals surface area contributed by atoms with Crippen molar-refractivity contribution in [3.05, 3.63) is 35.9 Å². The Labute approximate surface area is 136 Å². The van der Waals surface area contributed by atoms with Gasteiger partial charge in [0.1, 0.15) is 0 Å². The van der Waals surface area contributed by atoms with Crippen LogP contribution in [0.5, 0.6) is 0 Å². The summed E-state index contributed by atoms with van der Waals surface area (Å²) in [6.07, 6.45) is 1.33. The van der Waals surface area contributed by atoms with Gasteiger partial charge in [-0.25, -0.2) is 0 Å². The molecule has 3 N–H and O–H groups in total. The molecule has 23 heavy (non-hydrogen) atoms. The quantitative estimate of drug-likeness (QED) is 0.647. The van der Waals surface area contributed by atoms with Gasteiger partial charge in [0.2, 0.25) is 11.8 Å². The van der Waals surface area contributed by atoms with E-state index in [1.165, 1.54) is 6.92 Å². The topological polar surface area (TPSA) is 95.5 Å². The molecule has 0 aliphatic carbocycles. The minimum absolute atomic E-state index is 0.0715. The van der Waals surface area contributed by atoms with Crippen LogP contribution in [0.4, 0.5) is 0 Å². The standard InChI is InChI=1S/C17H24N2O4/c1-3-7-14(17(22)23)11-18-16(21)10-15(19-12(2)20)13-8-5-4-6-9-13/h4-6,8-9,14-15H,3,7,10-11H2,1-2H3,(H,18,21)(H,19,20)(H,22,23). The second kappa shape index (κ2) is 9.61. The molecule has 1 rings (SSSR count). The largest absolute Gasteiger partial charge is 0.481 e. The average molecular weight is 320 g/mol. The molecule has 0 saturated carbocycles. The molecule has 1 aromatic rings. The van der Waals surface area contributed by atoms with E-state index < -0.39 is 17.9 Å². The van der Waals surface area contributed by atoms with Crippen molar-refractivity contribution < 1.29 is 19.5 Å².